The molecule has 1 fully saturated rings. The second-order valence-corrected chi connectivity index (χ2v) is 7.36. The van der Waals surface area contributed by atoms with Crippen LogP contribution >= 0.6 is 0 Å². The Labute approximate surface area is 170 Å². The Hall–Kier alpha value is -2.91. The average molecular weight is 419 g/mol. The number of halogens is 3. The quantitative estimate of drug-likeness (QED) is 0.667. The topological polar surface area (TPSA) is 71.6 Å². The van der Waals surface area contributed by atoms with Gasteiger partial charge in [0.15, 0.2) is 0 Å². The largest absolute Gasteiger partial charge is 0.573 e. The van der Waals surface area contributed by atoms with Gasteiger partial charge in [0.05, 0.1) is 12.1 Å². The predicted octanol–water partition coefficient (Wildman–Crippen LogP) is 4.25. The first-order valence-corrected chi connectivity index (χ1v) is 9.44. The van der Waals surface area contributed by atoms with Crippen molar-refractivity contribution in [2.24, 2.45) is 0 Å². The van der Waals surface area contributed by atoms with Crippen molar-refractivity contribution >= 4 is 0 Å². The van der Waals surface area contributed by atoms with Gasteiger partial charge in [0.2, 0.25) is 11.7 Å². The van der Waals surface area contributed by atoms with Crippen LogP contribution in [0, 0.1) is 6.92 Å². The van der Waals surface area contributed by atoms with Crippen molar-refractivity contribution in [3.05, 3.63) is 65.5 Å². The van der Waals surface area contributed by atoms with Gasteiger partial charge in [-0.25, -0.2) is 0 Å². The van der Waals surface area contributed by atoms with E-state index < -0.39 is 12.5 Å². The third kappa shape index (κ3) is 4.80. The van der Waals surface area contributed by atoms with Crippen molar-refractivity contribution in [2.45, 2.75) is 38.4 Å². The number of alkyl halides is 3. The number of benzene rings is 2. The van der Waals surface area contributed by atoms with Gasteiger partial charge >= 0.3 is 6.36 Å². The number of hydrogen-bond donors (Lipinski definition) is 1. The number of β-amino-alcohol motifs (C(OH)–C–C–N with tert-alkyl or cyclic N) is 1. The van der Waals surface area contributed by atoms with Crippen LogP contribution in [0.2, 0.25) is 0 Å². The van der Waals surface area contributed by atoms with E-state index in [0.29, 0.717) is 36.8 Å². The van der Waals surface area contributed by atoms with E-state index in [1.807, 2.05) is 36.1 Å². The zero-order chi connectivity index (χ0) is 21.3. The Morgan fingerprint density at radius 3 is 2.77 bits per heavy atom. The molecule has 0 bridgehead atoms. The summed E-state index contributed by atoms with van der Waals surface area (Å²) in [6, 6.07) is 13.2. The normalized spacial score (nSPS) is 19.9. The fraction of sp³-hybridized carbons (Fsp3) is 0.333. The fourth-order valence-electron chi connectivity index (χ4n) is 3.66. The number of rotatable bonds is 5. The highest BCUT2D eigenvalue weighted by Gasteiger charge is 2.36. The van der Waals surface area contributed by atoms with Crippen LogP contribution in [0.1, 0.15) is 29.5 Å². The van der Waals surface area contributed by atoms with Crippen LogP contribution < -0.4 is 4.74 Å². The molecule has 0 radical (unpaired) electrons. The fourth-order valence-corrected chi connectivity index (χ4v) is 3.66. The number of aryl methyl sites for hydroxylation is 1. The number of aromatic nitrogens is 2. The van der Waals surface area contributed by atoms with Crippen molar-refractivity contribution in [1.82, 2.24) is 15.0 Å². The number of nitrogens with zero attached hydrogens (tertiary/aromatic N) is 3. The zero-order valence-corrected chi connectivity index (χ0v) is 16.1. The first-order valence-electron chi connectivity index (χ1n) is 9.44. The second kappa shape index (κ2) is 8.08. The number of aliphatic hydroxyl groups excluding tert-OH is 1. The van der Waals surface area contributed by atoms with Gasteiger partial charge in [0.1, 0.15) is 5.75 Å². The third-order valence-electron chi connectivity index (χ3n) is 4.90. The van der Waals surface area contributed by atoms with E-state index >= 15 is 0 Å². The van der Waals surface area contributed by atoms with E-state index in [1.165, 1.54) is 18.2 Å². The Kier molecular flexibility index (Phi) is 5.48. The lowest BCUT2D eigenvalue weighted by Gasteiger charge is -2.21. The van der Waals surface area contributed by atoms with Crippen LogP contribution in [0.15, 0.2) is 53.1 Å². The SMILES string of the molecule is Cc1cccc(-c2noc([C@@H]3C[C@@H](O)CN3Cc3cccc(OC(F)(F)F)c3)n2)c1. The Balaban J connectivity index is 1.53. The molecule has 0 unspecified atom stereocenters. The van der Waals surface area contributed by atoms with Gasteiger partial charge < -0.3 is 14.4 Å². The van der Waals surface area contributed by atoms with E-state index in [2.05, 4.69) is 14.9 Å². The maximum Gasteiger partial charge on any atom is 0.573 e. The Bertz CT molecular complexity index is 1020. The standard InChI is InChI=1S/C21H20F3N3O3/c1-13-4-2-6-15(8-13)19-25-20(30-26-19)18-10-16(28)12-27(18)11-14-5-3-7-17(9-14)29-21(22,23)24/h2-9,16,18,28H,10-12H2,1H3/t16-,18+/m1/s1. The van der Waals surface area contributed by atoms with Crippen molar-refractivity contribution in [2.75, 3.05) is 6.54 Å². The summed E-state index contributed by atoms with van der Waals surface area (Å²) in [5.41, 5.74) is 2.51. The second-order valence-electron chi connectivity index (χ2n) is 7.36. The van der Waals surface area contributed by atoms with Crippen molar-refractivity contribution in [1.29, 1.82) is 0 Å². The number of aliphatic hydroxyl groups is 1. The summed E-state index contributed by atoms with van der Waals surface area (Å²) in [4.78, 5) is 6.40. The van der Waals surface area contributed by atoms with Crippen molar-refractivity contribution in [3.63, 3.8) is 0 Å². The predicted molar refractivity (Wildman–Crippen MR) is 101 cm³/mol. The smallest absolute Gasteiger partial charge is 0.406 e. The molecule has 9 heteroatoms. The molecule has 1 N–H and O–H groups in total. The van der Waals surface area contributed by atoms with Gasteiger partial charge in [-0.1, -0.05) is 41.1 Å². The molecule has 2 heterocycles. The maximum atomic E-state index is 12.5. The summed E-state index contributed by atoms with van der Waals surface area (Å²) in [7, 11) is 0. The number of likely N-dealkylation sites (tertiary alicyclic amines) is 1. The molecule has 2 aromatic carbocycles. The molecule has 1 aliphatic heterocycles. The van der Waals surface area contributed by atoms with Gasteiger partial charge in [0, 0.05) is 18.7 Å². The molecule has 4 rings (SSSR count). The van der Waals surface area contributed by atoms with Crippen LogP contribution in [0.4, 0.5) is 13.2 Å². The van der Waals surface area contributed by atoms with Gasteiger partial charge in [0.25, 0.3) is 0 Å². The molecule has 1 aliphatic rings. The minimum atomic E-state index is -4.75. The van der Waals surface area contributed by atoms with Crippen LogP contribution in [0.5, 0.6) is 5.75 Å². The molecular formula is C21H20F3N3O3. The highest BCUT2D eigenvalue weighted by atomic mass is 19.4. The summed E-state index contributed by atoms with van der Waals surface area (Å²) in [5, 5.41) is 14.2. The van der Waals surface area contributed by atoms with E-state index in [4.69, 9.17) is 4.52 Å². The Morgan fingerprint density at radius 2 is 2.00 bits per heavy atom. The molecule has 0 saturated carbocycles. The van der Waals surface area contributed by atoms with Crippen molar-refractivity contribution in [3.8, 4) is 17.1 Å². The summed E-state index contributed by atoms with van der Waals surface area (Å²) >= 11 is 0. The molecule has 6 nitrogen and oxygen atoms in total. The first kappa shape index (κ1) is 20.4. The third-order valence-corrected chi connectivity index (χ3v) is 4.90. The van der Waals surface area contributed by atoms with Crippen LogP contribution in [0.3, 0.4) is 0 Å². The highest BCUT2D eigenvalue weighted by molar-refractivity contribution is 5.55. The molecule has 158 valence electrons. The molecule has 3 aromatic rings. The molecule has 2 atom stereocenters. The monoisotopic (exact) mass is 419 g/mol. The minimum absolute atomic E-state index is 0.282. The Morgan fingerprint density at radius 1 is 1.20 bits per heavy atom. The van der Waals surface area contributed by atoms with Gasteiger partial charge in [-0.3, -0.25) is 4.90 Å². The molecule has 1 saturated heterocycles. The van der Waals surface area contributed by atoms with E-state index in [-0.39, 0.29) is 11.8 Å². The van der Waals surface area contributed by atoms with Crippen LogP contribution in [-0.2, 0) is 6.54 Å². The summed E-state index contributed by atoms with van der Waals surface area (Å²) < 4.78 is 46.9. The van der Waals surface area contributed by atoms with E-state index in [0.717, 1.165) is 11.1 Å². The van der Waals surface area contributed by atoms with E-state index in [1.54, 1.807) is 6.07 Å². The van der Waals surface area contributed by atoms with Gasteiger partial charge in [-0.05, 0) is 37.1 Å². The van der Waals surface area contributed by atoms with Gasteiger partial charge in [-0.2, -0.15) is 4.98 Å². The zero-order valence-electron chi connectivity index (χ0n) is 16.1. The molecule has 1 aromatic heterocycles. The number of hydrogen-bond acceptors (Lipinski definition) is 6. The summed E-state index contributed by atoms with van der Waals surface area (Å²) in [5.74, 6) is 0.539. The lowest BCUT2D eigenvalue weighted by Crippen LogP contribution is -2.24. The molecule has 0 amide bonds. The van der Waals surface area contributed by atoms with Crippen molar-refractivity contribution < 1.29 is 27.5 Å². The van der Waals surface area contributed by atoms with Gasteiger partial charge in [-0.15, -0.1) is 13.2 Å². The summed E-state index contributed by atoms with van der Waals surface area (Å²) in [6.45, 7) is 2.62. The average Bonchev–Trinajstić information content (AvgIpc) is 3.27. The van der Waals surface area contributed by atoms with E-state index in [9.17, 15) is 18.3 Å². The first-order chi connectivity index (χ1) is 14.3. The molecule has 30 heavy (non-hydrogen) atoms. The number of ether oxygens (including phenoxy) is 1. The molecule has 0 aliphatic carbocycles. The lowest BCUT2D eigenvalue weighted by atomic mass is 10.1. The van der Waals surface area contributed by atoms with Crippen LogP contribution in [-0.4, -0.2) is 39.2 Å². The van der Waals surface area contributed by atoms with Crippen LogP contribution in [0.25, 0.3) is 11.4 Å². The maximum absolute atomic E-state index is 12.5. The molecule has 0 spiro atoms. The minimum Gasteiger partial charge on any atom is -0.406 e. The highest BCUT2D eigenvalue weighted by Crippen LogP contribution is 2.34. The summed E-state index contributed by atoms with van der Waals surface area (Å²) in [6.07, 6.45) is -4.95. The molecular weight excluding hydrogens is 399 g/mol. The lowest BCUT2D eigenvalue weighted by molar-refractivity contribution is -0.274.